The van der Waals surface area contributed by atoms with Gasteiger partial charge in [-0.25, -0.2) is 0 Å². The molecule has 0 amide bonds. The van der Waals surface area contributed by atoms with E-state index >= 15 is 8.78 Å². The van der Waals surface area contributed by atoms with Gasteiger partial charge in [-0.15, -0.1) is 0 Å². The van der Waals surface area contributed by atoms with Crippen LogP contribution in [0, 0.1) is 0 Å². The second-order valence-corrected chi connectivity index (χ2v) is 6.25. The van der Waals surface area contributed by atoms with Crippen molar-refractivity contribution in [1.29, 1.82) is 0 Å². The molecule has 0 radical (unpaired) electrons. The second-order valence-electron chi connectivity index (χ2n) is 5.81. The summed E-state index contributed by atoms with van der Waals surface area (Å²) in [7, 11) is 0. The van der Waals surface area contributed by atoms with Crippen LogP contribution in [0.4, 0.5) is 14.5 Å². The van der Waals surface area contributed by atoms with Crippen LogP contribution in [-0.2, 0) is 0 Å². The van der Waals surface area contributed by atoms with Crippen molar-refractivity contribution in [3.63, 3.8) is 0 Å². The number of para-hydroxylation sites is 1. The van der Waals surface area contributed by atoms with Crippen LogP contribution in [0.1, 0.15) is 22.0 Å². The standard InChI is InChI=1S/C21H16ClF2NO/c22-17-13-11-15(12-14-17)19(25-18-9-5-2-6-10-18)21(23,24)20(26)16-7-3-1-4-8-16/h1-14,19,25H. The predicted octanol–water partition coefficient (Wildman–Crippen LogP) is 6.01. The highest BCUT2D eigenvalue weighted by Crippen LogP contribution is 2.37. The third-order valence-electron chi connectivity index (χ3n) is 3.99. The molecule has 0 fully saturated rings. The second kappa shape index (κ2) is 7.67. The summed E-state index contributed by atoms with van der Waals surface area (Å²) >= 11 is 5.87. The van der Waals surface area contributed by atoms with Crippen molar-refractivity contribution in [1.82, 2.24) is 0 Å². The van der Waals surface area contributed by atoms with Gasteiger partial charge in [-0.1, -0.05) is 72.3 Å². The van der Waals surface area contributed by atoms with E-state index in [2.05, 4.69) is 5.32 Å². The highest BCUT2D eigenvalue weighted by Gasteiger charge is 2.48. The van der Waals surface area contributed by atoms with Crippen molar-refractivity contribution in [2.45, 2.75) is 12.0 Å². The lowest BCUT2D eigenvalue weighted by Crippen LogP contribution is -2.40. The molecule has 26 heavy (non-hydrogen) atoms. The molecule has 0 heterocycles. The lowest BCUT2D eigenvalue weighted by Gasteiger charge is -2.28. The SMILES string of the molecule is O=C(c1ccccc1)C(F)(F)C(Nc1ccccc1)c1ccc(Cl)cc1. The molecule has 0 spiro atoms. The van der Waals surface area contributed by atoms with E-state index in [9.17, 15) is 4.79 Å². The monoisotopic (exact) mass is 371 g/mol. The van der Waals surface area contributed by atoms with Crippen molar-refractivity contribution in [2.75, 3.05) is 5.32 Å². The molecular weight excluding hydrogens is 356 g/mol. The van der Waals surface area contributed by atoms with Gasteiger partial charge in [0.15, 0.2) is 0 Å². The molecule has 2 nitrogen and oxygen atoms in total. The first-order valence-corrected chi connectivity index (χ1v) is 8.41. The Morgan fingerprint density at radius 1 is 0.846 bits per heavy atom. The van der Waals surface area contributed by atoms with Gasteiger partial charge in [-0.3, -0.25) is 4.79 Å². The van der Waals surface area contributed by atoms with E-state index in [1.54, 1.807) is 48.5 Å². The Balaban J connectivity index is 2.01. The van der Waals surface area contributed by atoms with E-state index in [1.165, 1.54) is 36.4 Å². The Morgan fingerprint density at radius 2 is 1.38 bits per heavy atom. The Labute approximate surface area is 155 Å². The lowest BCUT2D eigenvalue weighted by atomic mass is 9.93. The maximum absolute atomic E-state index is 15.2. The minimum atomic E-state index is -3.66. The summed E-state index contributed by atoms with van der Waals surface area (Å²) in [6.07, 6.45) is 0. The molecule has 3 rings (SSSR count). The van der Waals surface area contributed by atoms with E-state index in [4.69, 9.17) is 11.6 Å². The molecule has 0 aliphatic heterocycles. The number of hydrogen-bond acceptors (Lipinski definition) is 2. The zero-order chi connectivity index (χ0) is 18.6. The number of hydrogen-bond donors (Lipinski definition) is 1. The van der Waals surface area contributed by atoms with E-state index in [-0.39, 0.29) is 11.1 Å². The van der Waals surface area contributed by atoms with E-state index in [0.29, 0.717) is 10.7 Å². The van der Waals surface area contributed by atoms with Crippen LogP contribution in [0.15, 0.2) is 84.9 Å². The molecule has 0 aliphatic carbocycles. The Bertz CT molecular complexity index is 868. The van der Waals surface area contributed by atoms with Crippen molar-refractivity contribution in [3.05, 3.63) is 101 Å². The average molecular weight is 372 g/mol. The summed E-state index contributed by atoms with van der Waals surface area (Å²) in [5.41, 5.74) is 0.729. The number of anilines is 1. The topological polar surface area (TPSA) is 29.1 Å². The largest absolute Gasteiger partial charge is 0.372 e. The fourth-order valence-corrected chi connectivity index (χ4v) is 2.78. The molecule has 0 bridgehead atoms. The summed E-state index contributed by atoms with van der Waals surface area (Å²) in [4.78, 5) is 12.5. The summed E-state index contributed by atoms with van der Waals surface area (Å²) in [6.45, 7) is 0. The molecule has 132 valence electrons. The quantitative estimate of drug-likeness (QED) is 0.537. The van der Waals surface area contributed by atoms with Crippen LogP contribution in [0.2, 0.25) is 5.02 Å². The van der Waals surface area contributed by atoms with Gasteiger partial charge >= 0.3 is 5.92 Å². The molecule has 3 aromatic carbocycles. The van der Waals surface area contributed by atoms with Gasteiger partial charge < -0.3 is 5.32 Å². The first-order valence-electron chi connectivity index (χ1n) is 8.03. The van der Waals surface area contributed by atoms with Gasteiger partial charge in [0.1, 0.15) is 6.04 Å². The molecule has 1 atom stereocenters. The predicted molar refractivity (Wildman–Crippen MR) is 100.0 cm³/mol. The minimum Gasteiger partial charge on any atom is -0.372 e. The number of Topliss-reactive ketones (excluding diaryl/α,β-unsaturated/α-hetero) is 1. The lowest BCUT2D eigenvalue weighted by molar-refractivity contribution is -0.00268. The molecule has 0 aromatic heterocycles. The van der Waals surface area contributed by atoms with Crippen LogP contribution in [0.25, 0.3) is 0 Å². The Morgan fingerprint density at radius 3 is 1.96 bits per heavy atom. The van der Waals surface area contributed by atoms with E-state index < -0.39 is 17.7 Å². The third kappa shape index (κ3) is 3.92. The van der Waals surface area contributed by atoms with Crippen LogP contribution in [-0.4, -0.2) is 11.7 Å². The van der Waals surface area contributed by atoms with Gasteiger partial charge in [-0.2, -0.15) is 8.78 Å². The smallest absolute Gasteiger partial charge is 0.333 e. The van der Waals surface area contributed by atoms with Crippen LogP contribution >= 0.6 is 11.6 Å². The van der Waals surface area contributed by atoms with Crippen molar-refractivity contribution >= 4 is 23.1 Å². The van der Waals surface area contributed by atoms with Crippen molar-refractivity contribution in [3.8, 4) is 0 Å². The molecular formula is C21H16ClF2NO. The van der Waals surface area contributed by atoms with E-state index in [1.807, 2.05) is 0 Å². The number of carbonyl (C=O) groups excluding carboxylic acids is 1. The molecule has 0 aliphatic rings. The maximum Gasteiger partial charge on any atom is 0.333 e. The summed E-state index contributed by atoms with van der Waals surface area (Å²) in [6, 6.07) is 20.7. The highest BCUT2D eigenvalue weighted by atomic mass is 35.5. The molecule has 1 N–H and O–H groups in total. The molecule has 3 aromatic rings. The summed E-state index contributed by atoms with van der Waals surface area (Å²) in [5.74, 6) is -4.90. The number of rotatable bonds is 6. The van der Waals surface area contributed by atoms with Crippen molar-refractivity contribution < 1.29 is 13.6 Å². The van der Waals surface area contributed by atoms with Crippen molar-refractivity contribution in [2.24, 2.45) is 0 Å². The first-order chi connectivity index (χ1) is 12.5. The summed E-state index contributed by atoms with van der Waals surface area (Å²) < 4.78 is 30.4. The fraction of sp³-hybridized carbons (Fsp3) is 0.0952. The molecule has 1 unspecified atom stereocenters. The zero-order valence-corrected chi connectivity index (χ0v) is 14.5. The van der Waals surface area contributed by atoms with Crippen LogP contribution in [0.5, 0.6) is 0 Å². The van der Waals surface area contributed by atoms with Gasteiger partial charge in [0.25, 0.3) is 0 Å². The number of alkyl halides is 2. The van der Waals surface area contributed by atoms with E-state index in [0.717, 1.165) is 0 Å². The Hall–Kier alpha value is -2.72. The molecule has 0 saturated heterocycles. The van der Waals surface area contributed by atoms with Gasteiger partial charge in [0.2, 0.25) is 5.78 Å². The maximum atomic E-state index is 15.2. The van der Waals surface area contributed by atoms with Crippen LogP contribution < -0.4 is 5.32 Å². The van der Waals surface area contributed by atoms with Gasteiger partial charge in [0, 0.05) is 16.3 Å². The first kappa shape index (κ1) is 18.1. The number of halogens is 3. The zero-order valence-electron chi connectivity index (χ0n) is 13.7. The van der Waals surface area contributed by atoms with Gasteiger partial charge in [-0.05, 0) is 29.8 Å². The number of ketones is 1. The minimum absolute atomic E-state index is 0.0358. The fourth-order valence-electron chi connectivity index (χ4n) is 2.65. The number of carbonyl (C=O) groups is 1. The highest BCUT2D eigenvalue weighted by molar-refractivity contribution is 6.30. The molecule has 0 saturated carbocycles. The number of benzene rings is 3. The average Bonchev–Trinajstić information content (AvgIpc) is 2.68. The van der Waals surface area contributed by atoms with Crippen LogP contribution in [0.3, 0.4) is 0 Å². The molecule has 5 heteroatoms. The normalized spacial score (nSPS) is 12.4. The third-order valence-corrected chi connectivity index (χ3v) is 4.24. The summed E-state index contributed by atoms with van der Waals surface area (Å²) in [5, 5.41) is 3.23. The number of nitrogens with one attached hydrogen (secondary N) is 1. The Kier molecular flexibility index (Phi) is 5.33. The van der Waals surface area contributed by atoms with Gasteiger partial charge in [0.05, 0.1) is 0 Å².